The van der Waals surface area contributed by atoms with Crippen LogP contribution in [0.2, 0.25) is 0 Å². The first kappa shape index (κ1) is 85.4. The Morgan fingerprint density at radius 3 is 1.14 bits per heavy atom. The summed E-state index contributed by atoms with van der Waals surface area (Å²) in [7, 11) is 0. The van der Waals surface area contributed by atoms with E-state index in [-0.39, 0.29) is 18.5 Å². The zero-order chi connectivity index (χ0) is 65.1. The Morgan fingerprint density at radius 1 is 0.411 bits per heavy atom. The van der Waals surface area contributed by atoms with Gasteiger partial charge in [-0.2, -0.15) is 0 Å². The molecular formula is C79H145NO10. The number of ether oxygens (including phenoxy) is 3. The van der Waals surface area contributed by atoms with Crippen molar-refractivity contribution < 1.29 is 49.3 Å². The molecule has 1 fully saturated rings. The number of rotatable bonds is 68. The summed E-state index contributed by atoms with van der Waals surface area (Å²) in [4.78, 5) is 25.2. The van der Waals surface area contributed by atoms with Crippen LogP contribution in [0.4, 0.5) is 0 Å². The minimum absolute atomic E-state index is 0.00317. The molecule has 0 saturated carbocycles. The SMILES string of the molecule is CCCCC/C=C\C/C=C\CCCCCCCCCCCC(=O)OCCCCCCCCCCC/C=C\C/C=C\CCCCCCCCCCCCCCCCCCCC(=O)NC(COC1OC(CO)C(O)C(O)C1O)C(O)/C=C/CCCCCCCCCC. The first-order valence-corrected chi connectivity index (χ1v) is 38.6. The van der Waals surface area contributed by atoms with E-state index in [0.717, 1.165) is 70.6 Å². The van der Waals surface area contributed by atoms with E-state index in [1.807, 2.05) is 6.08 Å². The average molecular weight is 1270 g/mol. The number of carbonyl (C=O) groups is 2. The first-order valence-electron chi connectivity index (χ1n) is 38.6. The molecule has 0 aromatic rings. The lowest BCUT2D eigenvalue weighted by atomic mass is 9.99. The number of carbonyl (C=O) groups excluding carboxylic acids is 2. The van der Waals surface area contributed by atoms with Crippen molar-refractivity contribution in [3.8, 4) is 0 Å². The number of allylic oxidation sites excluding steroid dienone is 9. The zero-order valence-electron chi connectivity index (χ0n) is 58.6. The Balaban J connectivity index is 1.90. The summed E-state index contributed by atoms with van der Waals surface area (Å²) in [6, 6.07) is -0.808. The third-order valence-corrected chi connectivity index (χ3v) is 18.1. The van der Waals surface area contributed by atoms with Gasteiger partial charge < -0.3 is 45.1 Å². The van der Waals surface area contributed by atoms with Gasteiger partial charge in [0.1, 0.15) is 24.4 Å². The molecule has 0 aliphatic carbocycles. The van der Waals surface area contributed by atoms with Crippen LogP contribution in [0.5, 0.6) is 0 Å². The Kier molecular flexibility index (Phi) is 64.3. The molecule has 1 amide bonds. The van der Waals surface area contributed by atoms with Crippen molar-refractivity contribution in [2.45, 2.75) is 410 Å². The molecule has 1 aliphatic heterocycles. The average Bonchev–Trinajstić information content (AvgIpc) is 1.93. The molecule has 1 heterocycles. The van der Waals surface area contributed by atoms with Crippen LogP contribution in [0.3, 0.4) is 0 Å². The molecule has 7 atom stereocenters. The van der Waals surface area contributed by atoms with E-state index >= 15 is 0 Å². The van der Waals surface area contributed by atoms with Crippen molar-refractivity contribution in [2.24, 2.45) is 0 Å². The fourth-order valence-corrected chi connectivity index (χ4v) is 12.0. The standard InChI is InChI=1S/C79H145NO10/c1-3-5-7-9-11-13-15-16-17-18-34-38-41-44-47-51-55-59-63-67-75(84)88-68-64-60-56-52-48-45-42-39-36-33-31-29-27-25-23-21-19-20-22-24-26-28-30-32-35-37-40-43-46-50-54-58-62-66-74(83)80-71(70-89-79-78(87)77(86)76(85)73(69-81)90-79)72(82)65-61-57-53-49-14-12-10-8-6-4-2/h11,13,16-17,23,25,29,31,61,65,71-73,76-79,81-82,85-87H,3-10,12,14-15,18-22,24,26-28,30,32-60,62-64,66-70H2,1-2H3,(H,80,83)/b13-11-,17-16-,25-23-,31-29-,65-61+. The van der Waals surface area contributed by atoms with Gasteiger partial charge in [-0.15, -0.1) is 0 Å². The Bertz CT molecular complexity index is 1680. The maximum Gasteiger partial charge on any atom is 0.305 e. The van der Waals surface area contributed by atoms with E-state index in [2.05, 4.69) is 67.8 Å². The number of amides is 1. The van der Waals surface area contributed by atoms with Crippen molar-refractivity contribution in [3.63, 3.8) is 0 Å². The number of esters is 1. The fourth-order valence-electron chi connectivity index (χ4n) is 12.0. The van der Waals surface area contributed by atoms with Gasteiger partial charge in [0.2, 0.25) is 5.91 Å². The van der Waals surface area contributed by atoms with Crippen molar-refractivity contribution in [2.75, 3.05) is 19.8 Å². The topological polar surface area (TPSA) is 175 Å². The first-order chi connectivity index (χ1) is 44.2. The molecule has 0 bridgehead atoms. The smallest absolute Gasteiger partial charge is 0.305 e. The largest absolute Gasteiger partial charge is 0.466 e. The van der Waals surface area contributed by atoms with Crippen molar-refractivity contribution >= 4 is 11.9 Å². The Hall–Kier alpha value is -2.64. The van der Waals surface area contributed by atoms with Gasteiger partial charge in [-0.05, 0) is 96.3 Å². The van der Waals surface area contributed by atoms with Crippen LogP contribution in [0, 0.1) is 0 Å². The number of unbranched alkanes of at least 4 members (excludes halogenated alkanes) is 46. The Labute approximate surface area is 554 Å². The minimum Gasteiger partial charge on any atom is -0.466 e. The zero-order valence-corrected chi connectivity index (χ0v) is 58.6. The molecule has 11 nitrogen and oxygen atoms in total. The predicted octanol–water partition coefficient (Wildman–Crippen LogP) is 20.5. The summed E-state index contributed by atoms with van der Waals surface area (Å²) in [6.45, 7) is 4.33. The summed E-state index contributed by atoms with van der Waals surface area (Å²) >= 11 is 0. The number of aliphatic hydroxyl groups excluding tert-OH is 5. The van der Waals surface area contributed by atoms with E-state index in [1.54, 1.807) is 6.08 Å². The highest BCUT2D eigenvalue weighted by molar-refractivity contribution is 5.76. The van der Waals surface area contributed by atoms with Crippen molar-refractivity contribution in [1.29, 1.82) is 0 Å². The maximum absolute atomic E-state index is 13.0. The second-order valence-electron chi connectivity index (χ2n) is 26.7. The molecule has 6 N–H and O–H groups in total. The van der Waals surface area contributed by atoms with Gasteiger partial charge in [0.05, 0.1) is 32.0 Å². The molecule has 0 radical (unpaired) electrons. The molecule has 11 heteroatoms. The molecule has 0 aromatic heterocycles. The van der Waals surface area contributed by atoms with E-state index in [1.165, 1.54) is 270 Å². The number of hydrogen-bond acceptors (Lipinski definition) is 10. The molecule has 90 heavy (non-hydrogen) atoms. The maximum atomic E-state index is 13.0. The predicted molar refractivity (Wildman–Crippen MR) is 380 cm³/mol. The number of hydrogen-bond donors (Lipinski definition) is 6. The lowest BCUT2D eigenvalue weighted by Gasteiger charge is -2.40. The molecule has 1 aliphatic rings. The third-order valence-electron chi connectivity index (χ3n) is 18.1. The third kappa shape index (κ3) is 55.8. The summed E-state index contributed by atoms with van der Waals surface area (Å²) in [5.74, 6) is -0.177. The van der Waals surface area contributed by atoms with Gasteiger partial charge in [-0.3, -0.25) is 9.59 Å². The molecule has 1 saturated heterocycles. The van der Waals surface area contributed by atoms with Crippen molar-refractivity contribution in [3.05, 3.63) is 60.8 Å². The van der Waals surface area contributed by atoms with Gasteiger partial charge in [0.15, 0.2) is 6.29 Å². The monoisotopic (exact) mass is 1270 g/mol. The molecule has 0 aromatic carbocycles. The second kappa shape index (κ2) is 67.8. The summed E-state index contributed by atoms with van der Waals surface area (Å²) in [5, 5.41) is 54.4. The van der Waals surface area contributed by atoms with E-state index in [4.69, 9.17) is 14.2 Å². The van der Waals surface area contributed by atoms with Gasteiger partial charge in [0, 0.05) is 12.8 Å². The van der Waals surface area contributed by atoms with Crippen LogP contribution in [0.1, 0.15) is 367 Å². The molecule has 526 valence electrons. The molecule has 0 spiro atoms. The van der Waals surface area contributed by atoms with E-state index in [9.17, 15) is 35.1 Å². The van der Waals surface area contributed by atoms with Crippen LogP contribution in [0.25, 0.3) is 0 Å². The normalized spacial score (nSPS) is 18.0. The highest BCUT2D eigenvalue weighted by Crippen LogP contribution is 2.23. The Morgan fingerprint density at radius 2 is 0.744 bits per heavy atom. The second-order valence-corrected chi connectivity index (χ2v) is 26.7. The lowest BCUT2D eigenvalue weighted by molar-refractivity contribution is -0.302. The molecule has 1 rings (SSSR count). The summed E-state index contributed by atoms with van der Waals surface area (Å²) < 4.78 is 16.7. The van der Waals surface area contributed by atoms with Crippen LogP contribution in [0.15, 0.2) is 60.8 Å². The number of aliphatic hydroxyl groups is 5. The van der Waals surface area contributed by atoms with Gasteiger partial charge in [0.25, 0.3) is 0 Å². The van der Waals surface area contributed by atoms with E-state index in [0.29, 0.717) is 19.4 Å². The highest BCUT2D eigenvalue weighted by Gasteiger charge is 2.44. The van der Waals surface area contributed by atoms with Gasteiger partial charge >= 0.3 is 5.97 Å². The number of nitrogens with one attached hydrogen (secondary N) is 1. The van der Waals surface area contributed by atoms with Crippen LogP contribution in [-0.2, 0) is 23.8 Å². The minimum atomic E-state index is -1.57. The van der Waals surface area contributed by atoms with Gasteiger partial charge in [-0.1, -0.05) is 319 Å². The fraction of sp³-hybridized carbons (Fsp3) is 0.848. The van der Waals surface area contributed by atoms with Crippen LogP contribution < -0.4 is 5.32 Å². The lowest BCUT2D eigenvalue weighted by Crippen LogP contribution is -2.60. The van der Waals surface area contributed by atoms with Crippen LogP contribution >= 0.6 is 0 Å². The van der Waals surface area contributed by atoms with Crippen LogP contribution in [-0.4, -0.2) is 100 Å². The van der Waals surface area contributed by atoms with Crippen molar-refractivity contribution in [1.82, 2.24) is 5.32 Å². The molecular weight excluding hydrogens is 1120 g/mol. The highest BCUT2D eigenvalue weighted by atomic mass is 16.7. The quantitative estimate of drug-likeness (QED) is 0.0195. The summed E-state index contributed by atoms with van der Waals surface area (Å²) in [5.41, 5.74) is 0. The summed E-state index contributed by atoms with van der Waals surface area (Å²) in [6.07, 6.45) is 81.0. The van der Waals surface area contributed by atoms with E-state index < -0.39 is 49.5 Å². The molecule has 7 unspecified atom stereocenters. The van der Waals surface area contributed by atoms with Gasteiger partial charge in [-0.25, -0.2) is 0 Å².